The molecule has 0 spiro atoms. The summed E-state index contributed by atoms with van der Waals surface area (Å²) in [6, 6.07) is 62.9. The molecule has 2 aromatic heterocycles. The summed E-state index contributed by atoms with van der Waals surface area (Å²) < 4.78 is 5.45. The Balaban J connectivity index is 1.22. The molecule has 0 aliphatic rings. The zero-order valence-electron chi connectivity index (χ0n) is 27.0. The monoisotopic (exact) mass is 668 g/mol. The highest BCUT2D eigenvalue weighted by molar-refractivity contribution is 7.30. The molecule has 0 radical (unpaired) electrons. The molecule has 0 nitrogen and oxygen atoms in total. The molecule has 232 valence electrons. The number of thiophene rings is 2. The molecule has 0 unspecified atom stereocenters. The van der Waals surface area contributed by atoms with E-state index in [1.165, 1.54) is 106 Å². The smallest absolute Gasteiger partial charge is 0.0449 e. The van der Waals surface area contributed by atoms with Crippen LogP contribution in [0.2, 0.25) is 0 Å². The van der Waals surface area contributed by atoms with Crippen LogP contribution in [0, 0.1) is 0 Å². The lowest BCUT2D eigenvalue weighted by Crippen LogP contribution is -1.91. The Morgan fingerprint density at radius 1 is 0.300 bits per heavy atom. The summed E-state index contributed by atoms with van der Waals surface area (Å²) in [5.41, 5.74) is 7.61. The van der Waals surface area contributed by atoms with Crippen LogP contribution in [0.3, 0.4) is 0 Å². The molecule has 11 aromatic rings. The average Bonchev–Trinajstić information content (AvgIpc) is 3.76. The van der Waals surface area contributed by atoms with Crippen molar-refractivity contribution in [3.63, 3.8) is 0 Å². The fourth-order valence-electron chi connectivity index (χ4n) is 8.30. The van der Waals surface area contributed by atoms with Gasteiger partial charge in [0.15, 0.2) is 0 Å². The first-order valence-electron chi connectivity index (χ1n) is 17.1. The summed E-state index contributed by atoms with van der Waals surface area (Å²) in [7, 11) is 0. The van der Waals surface area contributed by atoms with Crippen molar-refractivity contribution in [1.82, 2.24) is 0 Å². The third kappa shape index (κ3) is 4.04. The van der Waals surface area contributed by atoms with E-state index in [9.17, 15) is 0 Å². The molecule has 2 heterocycles. The van der Waals surface area contributed by atoms with Gasteiger partial charge in [-0.25, -0.2) is 0 Å². The minimum Gasteiger partial charge on any atom is -0.135 e. The van der Waals surface area contributed by atoms with Crippen LogP contribution in [0.5, 0.6) is 0 Å². The van der Waals surface area contributed by atoms with Crippen LogP contribution in [-0.2, 0) is 0 Å². The Morgan fingerprint density at radius 2 is 0.880 bits per heavy atom. The average molecular weight is 669 g/mol. The summed E-state index contributed by atoms with van der Waals surface area (Å²) in [6.07, 6.45) is 0. The van der Waals surface area contributed by atoms with Crippen molar-refractivity contribution >= 4 is 95.3 Å². The minimum absolute atomic E-state index is 1.24. The maximum atomic E-state index is 2.43. The van der Waals surface area contributed by atoms with Gasteiger partial charge in [-0.05, 0) is 84.4 Å². The minimum atomic E-state index is 1.24. The lowest BCUT2D eigenvalue weighted by atomic mass is 9.85. The quantitative estimate of drug-likeness (QED) is 0.164. The van der Waals surface area contributed by atoms with Crippen molar-refractivity contribution in [3.05, 3.63) is 170 Å². The second kappa shape index (κ2) is 10.9. The van der Waals surface area contributed by atoms with E-state index in [0.717, 1.165) is 0 Å². The van der Waals surface area contributed by atoms with E-state index in [2.05, 4.69) is 170 Å². The summed E-state index contributed by atoms with van der Waals surface area (Å²) in [4.78, 5) is 0. The molecular weight excluding hydrogens is 641 g/mol. The second-order valence-electron chi connectivity index (χ2n) is 13.2. The van der Waals surface area contributed by atoms with Crippen LogP contribution in [0.1, 0.15) is 0 Å². The van der Waals surface area contributed by atoms with Gasteiger partial charge < -0.3 is 0 Å². The Hall–Kier alpha value is -5.80. The highest BCUT2D eigenvalue weighted by atomic mass is 32.1. The normalized spacial score (nSPS) is 12.0. The molecule has 2 heteroatoms. The molecule has 0 aliphatic carbocycles. The van der Waals surface area contributed by atoms with E-state index in [1.54, 1.807) is 0 Å². The van der Waals surface area contributed by atoms with Crippen LogP contribution in [0.15, 0.2) is 170 Å². The molecule has 9 aromatic carbocycles. The number of hydrogen-bond donors (Lipinski definition) is 0. The predicted molar refractivity (Wildman–Crippen MR) is 221 cm³/mol. The van der Waals surface area contributed by atoms with E-state index in [4.69, 9.17) is 0 Å². The molecular formula is C48H28S2. The number of rotatable bonds is 3. The van der Waals surface area contributed by atoms with Gasteiger partial charge in [0.05, 0.1) is 0 Å². The highest BCUT2D eigenvalue weighted by Crippen LogP contribution is 2.50. The molecule has 0 atom stereocenters. The zero-order chi connectivity index (χ0) is 32.8. The molecule has 0 amide bonds. The van der Waals surface area contributed by atoms with Gasteiger partial charge in [-0.15, -0.1) is 22.7 Å². The van der Waals surface area contributed by atoms with Crippen LogP contribution >= 0.6 is 22.7 Å². The lowest BCUT2D eigenvalue weighted by molar-refractivity contribution is 1.64. The Bertz CT molecular complexity index is 3080. The maximum absolute atomic E-state index is 2.43. The second-order valence-corrected chi connectivity index (χ2v) is 15.3. The van der Waals surface area contributed by atoms with Gasteiger partial charge in [-0.3, -0.25) is 0 Å². The van der Waals surface area contributed by atoms with Crippen LogP contribution in [0.25, 0.3) is 106 Å². The van der Waals surface area contributed by atoms with E-state index in [-0.39, 0.29) is 0 Å². The first-order chi connectivity index (χ1) is 24.8. The van der Waals surface area contributed by atoms with E-state index in [0.29, 0.717) is 0 Å². The van der Waals surface area contributed by atoms with E-state index < -0.39 is 0 Å². The summed E-state index contributed by atoms with van der Waals surface area (Å²) >= 11 is 3.86. The predicted octanol–water partition coefficient (Wildman–Crippen LogP) is 14.9. The molecule has 0 saturated heterocycles. The van der Waals surface area contributed by atoms with Crippen LogP contribution in [-0.4, -0.2) is 0 Å². The number of benzene rings is 9. The van der Waals surface area contributed by atoms with Crippen LogP contribution < -0.4 is 0 Å². The summed E-state index contributed by atoms with van der Waals surface area (Å²) in [5.74, 6) is 0. The Kier molecular flexibility index (Phi) is 6.09. The van der Waals surface area contributed by atoms with Gasteiger partial charge >= 0.3 is 0 Å². The molecule has 0 N–H and O–H groups in total. The van der Waals surface area contributed by atoms with Gasteiger partial charge in [0.25, 0.3) is 0 Å². The largest absolute Gasteiger partial charge is 0.135 e. The topological polar surface area (TPSA) is 0 Å². The van der Waals surface area contributed by atoms with Crippen molar-refractivity contribution < 1.29 is 0 Å². The van der Waals surface area contributed by atoms with Crippen molar-refractivity contribution in [1.29, 1.82) is 0 Å². The maximum Gasteiger partial charge on any atom is 0.0449 e. The number of hydrogen-bond acceptors (Lipinski definition) is 2. The van der Waals surface area contributed by atoms with Gasteiger partial charge in [-0.1, -0.05) is 146 Å². The zero-order valence-corrected chi connectivity index (χ0v) is 28.6. The van der Waals surface area contributed by atoms with Crippen molar-refractivity contribution in [2.75, 3.05) is 0 Å². The van der Waals surface area contributed by atoms with Gasteiger partial charge in [-0.2, -0.15) is 0 Å². The third-order valence-electron chi connectivity index (χ3n) is 10.4. The third-order valence-corrected chi connectivity index (χ3v) is 12.8. The highest BCUT2D eigenvalue weighted by Gasteiger charge is 2.20. The summed E-state index contributed by atoms with van der Waals surface area (Å²) in [6.45, 7) is 0. The summed E-state index contributed by atoms with van der Waals surface area (Å²) in [5, 5.41) is 13.2. The first kappa shape index (κ1) is 28.1. The molecule has 50 heavy (non-hydrogen) atoms. The molecule has 0 bridgehead atoms. The Morgan fingerprint density at radius 3 is 1.62 bits per heavy atom. The van der Waals surface area contributed by atoms with E-state index in [1.807, 2.05) is 22.7 Å². The van der Waals surface area contributed by atoms with Crippen molar-refractivity contribution in [3.8, 4) is 33.4 Å². The Labute approximate surface area is 297 Å². The fourth-order valence-corrected chi connectivity index (χ4v) is 10.9. The molecule has 0 aliphatic heterocycles. The van der Waals surface area contributed by atoms with E-state index >= 15 is 0 Å². The SMILES string of the molecule is c1ccc(-c2c3ccccc3c(-c3cccc(-c4cc5ccccc5c5c4sc4c5ccc5sc6ccccc6c54)c3)c3ccccc23)cc1. The number of fused-ring (bicyclic) bond motifs is 11. The lowest BCUT2D eigenvalue weighted by Gasteiger charge is -2.18. The fraction of sp³-hybridized carbons (Fsp3) is 0. The first-order valence-corrected chi connectivity index (χ1v) is 18.7. The van der Waals surface area contributed by atoms with Gasteiger partial charge in [0.2, 0.25) is 0 Å². The van der Waals surface area contributed by atoms with Crippen molar-refractivity contribution in [2.24, 2.45) is 0 Å². The molecule has 0 fully saturated rings. The molecule has 0 saturated carbocycles. The standard InChI is InChI=1S/C48H28S2/c1-2-13-29(14-3-1)43-34-19-6-8-21-36(34)44(37-22-9-7-20-35(37)43)32-17-12-16-30(27-32)40-28-31-15-4-5-18-33(31)45-39-25-26-42-46(47(39)50-48(40)45)38-23-10-11-24-41(38)49-42/h1-28H. The van der Waals surface area contributed by atoms with Crippen molar-refractivity contribution in [2.45, 2.75) is 0 Å². The van der Waals surface area contributed by atoms with Gasteiger partial charge in [0, 0.05) is 45.9 Å². The van der Waals surface area contributed by atoms with Crippen LogP contribution in [0.4, 0.5) is 0 Å². The van der Waals surface area contributed by atoms with Gasteiger partial charge in [0.1, 0.15) is 0 Å². The molecule has 11 rings (SSSR count).